The van der Waals surface area contributed by atoms with Crippen molar-refractivity contribution in [3.05, 3.63) is 83.4 Å². The minimum absolute atomic E-state index is 0.116. The van der Waals surface area contributed by atoms with E-state index in [0.29, 0.717) is 60.5 Å². The summed E-state index contributed by atoms with van der Waals surface area (Å²) in [5, 5.41) is 12.5. The molecule has 4 aromatic rings. The van der Waals surface area contributed by atoms with Gasteiger partial charge >= 0.3 is 0 Å². The molecule has 1 fully saturated rings. The zero-order chi connectivity index (χ0) is 24.4. The van der Waals surface area contributed by atoms with E-state index in [4.69, 9.17) is 9.97 Å². The van der Waals surface area contributed by atoms with E-state index in [1.807, 2.05) is 17.0 Å². The average molecular weight is 475 g/mol. The van der Waals surface area contributed by atoms with Gasteiger partial charge in [-0.2, -0.15) is 5.26 Å². The summed E-state index contributed by atoms with van der Waals surface area (Å²) < 4.78 is 40.9. The highest BCUT2D eigenvalue weighted by atomic mass is 19.2. The number of halogens is 3. The number of nitrogens with zero attached hydrogens (tertiary/aromatic N) is 6. The third-order valence-electron chi connectivity index (χ3n) is 5.85. The van der Waals surface area contributed by atoms with E-state index in [9.17, 15) is 18.4 Å². The first-order valence-electron chi connectivity index (χ1n) is 11.0. The van der Waals surface area contributed by atoms with Gasteiger partial charge < -0.3 is 10.2 Å². The maximum Gasteiger partial charge on any atom is 0.174 e. The molecule has 7 nitrogen and oxygen atoms in total. The van der Waals surface area contributed by atoms with Crippen LogP contribution in [0.25, 0.3) is 11.0 Å². The van der Waals surface area contributed by atoms with Crippen LogP contribution in [0.2, 0.25) is 0 Å². The Morgan fingerprint density at radius 1 is 0.914 bits per heavy atom. The first-order valence-corrected chi connectivity index (χ1v) is 11.0. The van der Waals surface area contributed by atoms with Crippen LogP contribution in [0, 0.1) is 28.8 Å². The maximum atomic E-state index is 14.1. The Labute approximate surface area is 199 Å². The second-order valence-corrected chi connectivity index (χ2v) is 8.20. The number of fused-ring (bicyclic) bond motifs is 1. The standard InChI is InChI=1S/C25H20F3N7/c26-19-12-21(28)20(27)11-17(19)15-34-6-8-35(9-7-34)25-24(31-18-2-1-5-30-14-18)32-22-4-3-16(13-29)10-23(22)33-25/h1-5,10-12,14H,6-9,15H2,(H,31,32). The zero-order valence-corrected chi connectivity index (χ0v) is 18.5. The molecular weight excluding hydrogens is 455 g/mol. The lowest BCUT2D eigenvalue weighted by molar-refractivity contribution is 0.245. The van der Waals surface area contributed by atoms with Gasteiger partial charge in [-0.05, 0) is 36.4 Å². The number of nitrogens with one attached hydrogen (secondary N) is 1. The van der Waals surface area contributed by atoms with Gasteiger partial charge in [-0.3, -0.25) is 9.88 Å². The molecule has 0 amide bonds. The smallest absolute Gasteiger partial charge is 0.174 e. The molecule has 0 unspecified atom stereocenters. The molecule has 0 spiro atoms. The molecule has 3 heterocycles. The van der Waals surface area contributed by atoms with E-state index < -0.39 is 17.5 Å². The van der Waals surface area contributed by atoms with Crippen LogP contribution in [0.5, 0.6) is 0 Å². The van der Waals surface area contributed by atoms with E-state index in [0.717, 1.165) is 11.8 Å². The van der Waals surface area contributed by atoms with Crippen LogP contribution in [0.15, 0.2) is 54.9 Å². The van der Waals surface area contributed by atoms with Gasteiger partial charge in [-0.25, -0.2) is 23.1 Å². The van der Waals surface area contributed by atoms with Gasteiger partial charge in [0.1, 0.15) is 5.82 Å². The fourth-order valence-electron chi connectivity index (χ4n) is 4.04. The molecule has 1 aliphatic rings. The third kappa shape index (κ3) is 4.85. The number of aromatic nitrogens is 3. The predicted molar refractivity (Wildman–Crippen MR) is 126 cm³/mol. The Kier molecular flexibility index (Phi) is 6.16. The van der Waals surface area contributed by atoms with Crippen LogP contribution >= 0.6 is 0 Å². The van der Waals surface area contributed by atoms with E-state index in [1.165, 1.54) is 0 Å². The summed E-state index contributed by atoms with van der Waals surface area (Å²) in [6.45, 7) is 2.41. The molecular formula is C25H20F3N7. The summed E-state index contributed by atoms with van der Waals surface area (Å²) in [6, 6.07) is 12.4. The quantitative estimate of drug-likeness (QED) is 0.429. The third-order valence-corrected chi connectivity index (χ3v) is 5.85. The van der Waals surface area contributed by atoms with Crippen molar-refractivity contribution in [1.29, 1.82) is 5.26 Å². The highest BCUT2D eigenvalue weighted by molar-refractivity contribution is 5.83. The summed E-state index contributed by atoms with van der Waals surface area (Å²) in [5.74, 6) is -1.85. The van der Waals surface area contributed by atoms with Crippen molar-refractivity contribution < 1.29 is 13.2 Å². The summed E-state index contributed by atoms with van der Waals surface area (Å²) in [4.78, 5) is 17.7. The minimum atomic E-state index is -1.20. The summed E-state index contributed by atoms with van der Waals surface area (Å²) in [7, 11) is 0. The number of rotatable bonds is 5. The number of piperazine rings is 1. The lowest BCUT2D eigenvalue weighted by Crippen LogP contribution is -2.46. The van der Waals surface area contributed by atoms with Gasteiger partial charge in [-0.1, -0.05) is 0 Å². The van der Waals surface area contributed by atoms with Gasteiger partial charge in [0.25, 0.3) is 0 Å². The van der Waals surface area contributed by atoms with Crippen molar-refractivity contribution in [2.24, 2.45) is 0 Å². The fraction of sp³-hybridized carbons (Fsp3) is 0.200. The van der Waals surface area contributed by atoms with Crippen molar-refractivity contribution in [3.8, 4) is 6.07 Å². The number of benzene rings is 2. The Bertz CT molecular complexity index is 1410. The Balaban J connectivity index is 1.40. The van der Waals surface area contributed by atoms with Crippen molar-refractivity contribution in [1.82, 2.24) is 19.9 Å². The molecule has 1 N–H and O–H groups in total. The maximum absolute atomic E-state index is 14.1. The highest BCUT2D eigenvalue weighted by Gasteiger charge is 2.23. The van der Waals surface area contributed by atoms with Crippen molar-refractivity contribution in [2.75, 3.05) is 36.4 Å². The molecule has 0 atom stereocenters. The Morgan fingerprint density at radius 3 is 2.46 bits per heavy atom. The first kappa shape index (κ1) is 22.6. The van der Waals surface area contributed by atoms with Crippen molar-refractivity contribution in [3.63, 3.8) is 0 Å². The molecule has 0 radical (unpaired) electrons. The number of anilines is 3. The lowest BCUT2D eigenvalue weighted by atomic mass is 10.1. The number of pyridine rings is 1. The molecule has 0 bridgehead atoms. The molecule has 2 aromatic carbocycles. The molecule has 5 rings (SSSR count). The second-order valence-electron chi connectivity index (χ2n) is 8.20. The van der Waals surface area contributed by atoms with Crippen molar-refractivity contribution in [2.45, 2.75) is 6.54 Å². The summed E-state index contributed by atoms with van der Waals surface area (Å²) in [5.41, 5.74) is 2.60. The predicted octanol–water partition coefficient (Wildman–Crippen LogP) is 4.38. The molecule has 1 saturated heterocycles. The van der Waals surface area contributed by atoms with Crippen LogP contribution in [0.3, 0.4) is 0 Å². The van der Waals surface area contributed by atoms with Crippen LogP contribution in [-0.2, 0) is 6.54 Å². The van der Waals surface area contributed by atoms with E-state index in [2.05, 4.69) is 21.3 Å². The monoisotopic (exact) mass is 475 g/mol. The molecule has 176 valence electrons. The minimum Gasteiger partial charge on any atom is -0.351 e. The van der Waals surface area contributed by atoms with E-state index >= 15 is 0 Å². The fourth-order valence-corrected chi connectivity index (χ4v) is 4.04. The van der Waals surface area contributed by atoms with Crippen LogP contribution < -0.4 is 10.2 Å². The molecule has 0 aliphatic carbocycles. The van der Waals surface area contributed by atoms with Crippen molar-refractivity contribution >= 4 is 28.4 Å². The first-order chi connectivity index (χ1) is 17.0. The van der Waals surface area contributed by atoms with Crippen LogP contribution in [0.4, 0.5) is 30.5 Å². The normalized spacial score (nSPS) is 14.2. The van der Waals surface area contributed by atoms with Crippen LogP contribution in [0.1, 0.15) is 11.1 Å². The van der Waals surface area contributed by atoms with Gasteiger partial charge in [0.05, 0.1) is 34.6 Å². The van der Waals surface area contributed by atoms with Gasteiger partial charge in [0, 0.05) is 50.6 Å². The Hall–Kier alpha value is -4.23. The summed E-state index contributed by atoms with van der Waals surface area (Å²) in [6.07, 6.45) is 3.36. The van der Waals surface area contributed by atoms with E-state index in [-0.39, 0.29) is 12.1 Å². The zero-order valence-electron chi connectivity index (χ0n) is 18.5. The highest BCUT2D eigenvalue weighted by Crippen LogP contribution is 2.29. The molecule has 10 heteroatoms. The number of nitriles is 1. The lowest BCUT2D eigenvalue weighted by Gasteiger charge is -2.36. The van der Waals surface area contributed by atoms with Crippen LogP contribution in [-0.4, -0.2) is 46.0 Å². The Morgan fingerprint density at radius 2 is 1.71 bits per heavy atom. The number of hydrogen-bond donors (Lipinski definition) is 1. The van der Waals surface area contributed by atoms with Gasteiger partial charge in [0.2, 0.25) is 0 Å². The molecule has 2 aromatic heterocycles. The summed E-state index contributed by atoms with van der Waals surface area (Å²) >= 11 is 0. The molecule has 1 aliphatic heterocycles. The van der Waals surface area contributed by atoms with Gasteiger partial charge in [-0.15, -0.1) is 0 Å². The average Bonchev–Trinajstić information content (AvgIpc) is 2.88. The number of hydrogen-bond acceptors (Lipinski definition) is 7. The SMILES string of the molecule is N#Cc1ccc2nc(Nc3cccnc3)c(N3CCN(Cc4cc(F)c(F)cc4F)CC3)nc2c1. The topological polar surface area (TPSA) is 81.0 Å². The van der Waals surface area contributed by atoms with E-state index in [1.54, 1.807) is 30.6 Å². The van der Waals surface area contributed by atoms with Gasteiger partial charge in [0.15, 0.2) is 23.3 Å². The molecule has 0 saturated carbocycles. The second kappa shape index (κ2) is 9.56. The largest absolute Gasteiger partial charge is 0.351 e. The molecule has 35 heavy (non-hydrogen) atoms.